The van der Waals surface area contributed by atoms with Crippen LogP contribution in [0.25, 0.3) is 0 Å². The van der Waals surface area contributed by atoms with Gasteiger partial charge in [-0.1, -0.05) is 35.3 Å². The molecule has 0 spiro atoms. The number of rotatable bonds is 2. The van der Waals surface area contributed by atoms with Gasteiger partial charge < -0.3 is 5.32 Å². The monoisotopic (exact) mass is 344 g/mol. The summed E-state index contributed by atoms with van der Waals surface area (Å²) < 4.78 is 26.8. The predicted molar refractivity (Wildman–Crippen MR) is 79.3 cm³/mol. The second kappa shape index (κ2) is 6.72. The van der Waals surface area contributed by atoms with Crippen molar-refractivity contribution in [2.75, 3.05) is 5.32 Å². The molecule has 22 heavy (non-hydrogen) atoms. The van der Waals surface area contributed by atoms with Crippen molar-refractivity contribution in [1.82, 2.24) is 5.32 Å². The van der Waals surface area contributed by atoms with Gasteiger partial charge in [-0.25, -0.2) is 13.6 Å². The van der Waals surface area contributed by atoms with Gasteiger partial charge in [-0.05, 0) is 24.3 Å². The number of amides is 3. The standard InChI is InChI=1S/C14H8Cl2F2N2O2/c15-7-3-1-6-10(12(7)16)19-14(22)20-13(21)11-8(17)4-2-5-9(11)18/h1-6H,(H2,19,20,21,22). The van der Waals surface area contributed by atoms with Gasteiger partial charge in [0.25, 0.3) is 5.91 Å². The minimum atomic E-state index is -1.22. The van der Waals surface area contributed by atoms with E-state index in [0.717, 1.165) is 18.2 Å². The minimum Gasteiger partial charge on any atom is -0.306 e. The minimum absolute atomic E-state index is 0.0730. The lowest BCUT2D eigenvalue weighted by Gasteiger charge is -2.09. The molecule has 2 aromatic carbocycles. The highest BCUT2D eigenvalue weighted by Crippen LogP contribution is 2.29. The summed E-state index contributed by atoms with van der Waals surface area (Å²) in [4.78, 5) is 23.4. The SMILES string of the molecule is O=C(NC(=O)c1c(F)cccc1F)Nc1cccc(Cl)c1Cl. The molecule has 2 N–H and O–H groups in total. The summed E-state index contributed by atoms with van der Waals surface area (Å²) in [5.74, 6) is -3.37. The quantitative estimate of drug-likeness (QED) is 0.856. The van der Waals surface area contributed by atoms with Gasteiger partial charge >= 0.3 is 6.03 Å². The van der Waals surface area contributed by atoms with Gasteiger partial charge in [0.05, 0.1) is 15.7 Å². The lowest BCUT2D eigenvalue weighted by atomic mass is 10.2. The first-order valence-electron chi connectivity index (χ1n) is 5.90. The molecule has 0 saturated heterocycles. The normalized spacial score (nSPS) is 10.2. The van der Waals surface area contributed by atoms with Gasteiger partial charge in [0, 0.05) is 0 Å². The molecule has 0 heterocycles. The van der Waals surface area contributed by atoms with E-state index in [-0.39, 0.29) is 15.7 Å². The van der Waals surface area contributed by atoms with Gasteiger partial charge in [-0.2, -0.15) is 0 Å². The fourth-order valence-corrected chi connectivity index (χ4v) is 1.98. The Morgan fingerprint density at radius 1 is 0.955 bits per heavy atom. The number of hydrogen-bond donors (Lipinski definition) is 2. The smallest absolute Gasteiger partial charge is 0.306 e. The average molecular weight is 345 g/mol. The largest absolute Gasteiger partial charge is 0.326 e. The zero-order valence-corrected chi connectivity index (χ0v) is 12.3. The van der Waals surface area contributed by atoms with Crippen LogP contribution < -0.4 is 10.6 Å². The van der Waals surface area contributed by atoms with Crippen LogP contribution in [-0.4, -0.2) is 11.9 Å². The molecule has 4 nitrogen and oxygen atoms in total. The molecule has 0 fully saturated rings. The van der Waals surface area contributed by atoms with E-state index in [2.05, 4.69) is 5.32 Å². The molecule has 0 aliphatic rings. The Hall–Kier alpha value is -2.18. The van der Waals surface area contributed by atoms with Crippen molar-refractivity contribution in [3.8, 4) is 0 Å². The van der Waals surface area contributed by atoms with Crippen molar-refractivity contribution >= 4 is 40.8 Å². The van der Waals surface area contributed by atoms with Gasteiger partial charge in [-0.15, -0.1) is 0 Å². The summed E-state index contributed by atoms with van der Waals surface area (Å²) in [5.41, 5.74) is -0.705. The number of carbonyl (C=O) groups excluding carboxylic acids is 2. The van der Waals surface area contributed by atoms with Crippen LogP contribution in [0.1, 0.15) is 10.4 Å². The van der Waals surface area contributed by atoms with E-state index < -0.39 is 29.1 Å². The molecule has 3 amide bonds. The van der Waals surface area contributed by atoms with Crippen molar-refractivity contribution in [3.05, 3.63) is 63.6 Å². The predicted octanol–water partition coefficient (Wildman–Crippen LogP) is 4.23. The Bertz CT molecular complexity index is 733. The van der Waals surface area contributed by atoms with E-state index in [1.807, 2.05) is 0 Å². The lowest BCUT2D eigenvalue weighted by Crippen LogP contribution is -2.35. The van der Waals surface area contributed by atoms with Crippen LogP contribution in [0.2, 0.25) is 10.0 Å². The van der Waals surface area contributed by atoms with Crippen LogP contribution in [0.3, 0.4) is 0 Å². The zero-order valence-electron chi connectivity index (χ0n) is 10.8. The summed E-state index contributed by atoms with van der Waals surface area (Å²) in [7, 11) is 0. The van der Waals surface area contributed by atoms with Crippen LogP contribution in [0, 0.1) is 11.6 Å². The molecule has 0 bridgehead atoms. The van der Waals surface area contributed by atoms with E-state index in [1.54, 1.807) is 5.32 Å². The van der Waals surface area contributed by atoms with Crippen molar-refractivity contribution in [1.29, 1.82) is 0 Å². The summed E-state index contributed by atoms with van der Waals surface area (Å²) in [6, 6.07) is 6.40. The first-order valence-corrected chi connectivity index (χ1v) is 6.66. The molecule has 0 radical (unpaired) electrons. The van der Waals surface area contributed by atoms with Crippen LogP contribution in [0.4, 0.5) is 19.3 Å². The number of benzene rings is 2. The fourth-order valence-electron chi connectivity index (χ4n) is 1.63. The second-order valence-electron chi connectivity index (χ2n) is 4.11. The Balaban J connectivity index is 2.12. The summed E-state index contributed by atoms with van der Waals surface area (Å²) in [6.07, 6.45) is 0. The summed E-state index contributed by atoms with van der Waals surface area (Å²) in [5, 5.41) is 4.33. The Morgan fingerprint density at radius 2 is 1.55 bits per heavy atom. The molecule has 0 aliphatic heterocycles. The van der Waals surface area contributed by atoms with Crippen molar-refractivity contribution in [2.24, 2.45) is 0 Å². The first kappa shape index (κ1) is 16.2. The van der Waals surface area contributed by atoms with Crippen LogP contribution in [0.5, 0.6) is 0 Å². The van der Waals surface area contributed by atoms with Crippen LogP contribution in [-0.2, 0) is 0 Å². The van der Waals surface area contributed by atoms with E-state index in [0.29, 0.717) is 0 Å². The van der Waals surface area contributed by atoms with E-state index in [9.17, 15) is 18.4 Å². The number of carbonyl (C=O) groups is 2. The maximum absolute atomic E-state index is 13.4. The van der Waals surface area contributed by atoms with Gasteiger partial charge in [0.1, 0.15) is 17.2 Å². The van der Waals surface area contributed by atoms with E-state index in [4.69, 9.17) is 23.2 Å². The third-order valence-corrected chi connectivity index (χ3v) is 3.44. The molecule has 0 unspecified atom stereocenters. The maximum Gasteiger partial charge on any atom is 0.326 e. The number of hydrogen-bond acceptors (Lipinski definition) is 2. The molecule has 0 aliphatic carbocycles. The lowest BCUT2D eigenvalue weighted by molar-refractivity contribution is 0.0959. The topological polar surface area (TPSA) is 58.2 Å². The fraction of sp³-hybridized carbons (Fsp3) is 0. The highest BCUT2D eigenvalue weighted by Gasteiger charge is 2.19. The van der Waals surface area contributed by atoms with Crippen molar-refractivity contribution in [3.63, 3.8) is 0 Å². The molecule has 2 aromatic rings. The van der Waals surface area contributed by atoms with Gasteiger partial charge in [-0.3, -0.25) is 10.1 Å². The third kappa shape index (κ3) is 3.52. The van der Waals surface area contributed by atoms with Crippen LogP contribution in [0.15, 0.2) is 36.4 Å². The number of nitrogens with one attached hydrogen (secondary N) is 2. The van der Waals surface area contributed by atoms with E-state index in [1.165, 1.54) is 18.2 Å². The number of halogens is 4. The molecular weight excluding hydrogens is 337 g/mol. The average Bonchev–Trinajstić information content (AvgIpc) is 2.43. The van der Waals surface area contributed by atoms with E-state index >= 15 is 0 Å². The number of urea groups is 1. The number of anilines is 1. The Labute approximate surface area is 134 Å². The Kier molecular flexibility index (Phi) is 4.95. The molecule has 2 rings (SSSR count). The van der Waals surface area contributed by atoms with Crippen LogP contribution >= 0.6 is 23.2 Å². The van der Waals surface area contributed by atoms with Crippen molar-refractivity contribution < 1.29 is 18.4 Å². The molecular formula is C14H8Cl2F2N2O2. The summed E-state index contributed by atoms with van der Waals surface area (Å²) in [6.45, 7) is 0. The highest BCUT2D eigenvalue weighted by molar-refractivity contribution is 6.44. The van der Waals surface area contributed by atoms with Gasteiger partial charge in [0.2, 0.25) is 0 Å². The number of imide groups is 1. The molecule has 0 atom stereocenters. The zero-order chi connectivity index (χ0) is 16.3. The third-order valence-electron chi connectivity index (χ3n) is 2.62. The van der Waals surface area contributed by atoms with Gasteiger partial charge in [0.15, 0.2) is 0 Å². The first-order chi connectivity index (χ1) is 10.4. The molecule has 0 aromatic heterocycles. The maximum atomic E-state index is 13.4. The highest BCUT2D eigenvalue weighted by atomic mass is 35.5. The Morgan fingerprint density at radius 3 is 2.18 bits per heavy atom. The van der Waals surface area contributed by atoms with Crippen molar-refractivity contribution in [2.45, 2.75) is 0 Å². The summed E-state index contributed by atoms with van der Waals surface area (Å²) >= 11 is 11.6. The molecule has 0 saturated carbocycles. The molecule has 114 valence electrons. The molecule has 8 heteroatoms. The second-order valence-corrected chi connectivity index (χ2v) is 4.89.